The molecule has 5 heteroatoms. The summed E-state index contributed by atoms with van der Waals surface area (Å²) < 4.78 is 39.2. The molecule has 0 saturated heterocycles. The van der Waals surface area contributed by atoms with Crippen molar-refractivity contribution in [3.05, 3.63) is 65.5 Å². The van der Waals surface area contributed by atoms with Crippen molar-refractivity contribution < 1.29 is 12.8 Å². The zero-order valence-electron chi connectivity index (χ0n) is 10.4. The smallest absolute Gasteiger partial charge is 0.236 e. The van der Waals surface area contributed by atoms with Crippen molar-refractivity contribution in [3.8, 4) is 0 Å². The number of rotatable bonds is 4. The molecule has 0 unspecified atom stereocenters. The first kappa shape index (κ1) is 13.5. The van der Waals surface area contributed by atoms with Gasteiger partial charge in [0.1, 0.15) is 5.82 Å². The summed E-state index contributed by atoms with van der Waals surface area (Å²) in [5.41, 5.74) is 2.05. The van der Waals surface area contributed by atoms with E-state index >= 15 is 0 Å². The lowest BCUT2D eigenvalue weighted by atomic mass is 10.2. The van der Waals surface area contributed by atoms with Gasteiger partial charge in [-0.3, -0.25) is 4.72 Å². The zero-order chi connectivity index (χ0) is 13.9. The molecule has 0 fully saturated rings. The molecule has 0 aromatic heterocycles. The van der Waals surface area contributed by atoms with Crippen molar-refractivity contribution in [2.24, 2.45) is 0 Å². The molecule has 2 aromatic carbocycles. The van der Waals surface area contributed by atoms with Gasteiger partial charge in [-0.1, -0.05) is 24.3 Å². The molecule has 100 valence electrons. The number of aryl methyl sites for hydroxylation is 1. The van der Waals surface area contributed by atoms with Crippen LogP contribution in [0.1, 0.15) is 11.1 Å². The molecular formula is C14H14FNO2S. The van der Waals surface area contributed by atoms with Gasteiger partial charge >= 0.3 is 0 Å². The van der Waals surface area contributed by atoms with Gasteiger partial charge in [0, 0.05) is 5.69 Å². The van der Waals surface area contributed by atoms with Crippen LogP contribution >= 0.6 is 0 Å². The molecule has 0 aliphatic heterocycles. The molecule has 0 bridgehead atoms. The lowest BCUT2D eigenvalue weighted by Crippen LogP contribution is -2.15. The van der Waals surface area contributed by atoms with Gasteiger partial charge in [0.25, 0.3) is 0 Å². The first-order chi connectivity index (χ1) is 8.94. The van der Waals surface area contributed by atoms with Gasteiger partial charge in [-0.05, 0) is 42.3 Å². The van der Waals surface area contributed by atoms with E-state index in [0.717, 1.165) is 5.56 Å². The minimum absolute atomic E-state index is 0.179. The maximum atomic E-state index is 12.7. The molecule has 0 atom stereocenters. The van der Waals surface area contributed by atoms with E-state index in [1.54, 1.807) is 18.2 Å². The highest BCUT2D eigenvalue weighted by Gasteiger charge is 2.11. The summed E-state index contributed by atoms with van der Waals surface area (Å²) in [6, 6.07) is 12.5. The van der Waals surface area contributed by atoms with Crippen LogP contribution in [0.3, 0.4) is 0 Å². The SMILES string of the molecule is Cc1cccc(NS(=O)(=O)Cc2ccc(F)cc2)c1. The second-order valence-electron chi connectivity index (χ2n) is 4.36. The lowest BCUT2D eigenvalue weighted by molar-refractivity contribution is 0.600. The third kappa shape index (κ3) is 4.06. The molecule has 0 radical (unpaired) electrons. The second kappa shape index (κ2) is 5.40. The summed E-state index contributed by atoms with van der Waals surface area (Å²) >= 11 is 0. The van der Waals surface area contributed by atoms with Crippen LogP contribution in [-0.4, -0.2) is 8.42 Å². The summed E-state index contributed by atoms with van der Waals surface area (Å²) in [6.07, 6.45) is 0. The van der Waals surface area contributed by atoms with E-state index in [2.05, 4.69) is 4.72 Å². The van der Waals surface area contributed by atoms with Gasteiger partial charge in [-0.2, -0.15) is 0 Å². The number of hydrogen-bond acceptors (Lipinski definition) is 2. The van der Waals surface area contributed by atoms with Gasteiger partial charge in [0.05, 0.1) is 5.75 Å². The topological polar surface area (TPSA) is 46.2 Å². The number of anilines is 1. The van der Waals surface area contributed by atoms with Gasteiger partial charge in [-0.25, -0.2) is 12.8 Å². The fraction of sp³-hybridized carbons (Fsp3) is 0.143. The summed E-state index contributed by atoms with van der Waals surface area (Å²) in [5, 5.41) is 0. The predicted molar refractivity (Wildman–Crippen MR) is 73.8 cm³/mol. The normalized spacial score (nSPS) is 11.3. The van der Waals surface area contributed by atoms with E-state index < -0.39 is 10.0 Å². The highest BCUT2D eigenvalue weighted by Crippen LogP contribution is 2.14. The Bertz CT molecular complexity index is 666. The van der Waals surface area contributed by atoms with Crippen LogP contribution in [-0.2, 0) is 15.8 Å². The first-order valence-electron chi connectivity index (χ1n) is 5.76. The number of benzene rings is 2. The second-order valence-corrected chi connectivity index (χ2v) is 6.08. The lowest BCUT2D eigenvalue weighted by Gasteiger charge is -2.08. The van der Waals surface area contributed by atoms with Gasteiger partial charge in [0.2, 0.25) is 10.0 Å². The van der Waals surface area contributed by atoms with Gasteiger partial charge in [0.15, 0.2) is 0 Å². The molecule has 2 rings (SSSR count). The van der Waals surface area contributed by atoms with Crippen LogP contribution in [0, 0.1) is 12.7 Å². The monoisotopic (exact) mass is 279 g/mol. The molecule has 0 heterocycles. The Kier molecular flexibility index (Phi) is 3.85. The largest absolute Gasteiger partial charge is 0.283 e. The Morgan fingerprint density at radius 3 is 2.42 bits per heavy atom. The highest BCUT2D eigenvalue weighted by molar-refractivity contribution is 7.91. The van der Waals surface area contributed by atoms with E-state index in [1.807, 2.05) is 13.0 Å². The molecule has 2 aromatic rings. The Morgan fingerprint density at radius 2 is 1.79 bits per heavy atom. The Morgan fingerprint density at radius 1 is 1.11 bits per heavy atom. The predicted octanol–water partition coefficient (Wildman–Crippen LogP) is 3.08. The van der Waals surface area contributed by atoms with Crippen molar-refractivity contribution in [1.29, 1.82) is 0 Å². The third-order valence-corrected chi connectivity index (χ3v) is 3.82. The Hall–Kier alpha value is -1.88. The Balaban J connectivity index is 2.13. The van der Waals surface area contributed by atoms with E-state index in [-0.39, 0.29) is 11.6 Å². The third-order valence-electron chi connectivity index (χ3n) is 2.56. The van der Waals surface area contributed by atoms with E-state index in [9.17, 15) is 12.8 Å². The maximum Gasteiger partial charge on any atom is 0.236 e. The van der Waals surface area contributed by atoms with Crippen LogP contribution in [0.5, 0.6) is 0 Å². The number of hydrogen-bond donors (Lipinski definition) is 1. The van der Waals surface area contributed by atoms with Crippen molar-refractivity contribution >= 4 is 15.7 Å². The fourth-order valence-electron chi connectivity index (χ4n) is 1.72. The van der Waals surface area contributed by atoms with Crippen molar-refractivity contribution in [1.82, 2.24) is 0 Å². The molecule has 1 N–H and O–H groups in total. The number of sulfonamides is 1. The highest BCUT2D eigenvalue weighted by atomic mass is 32.2. The standard InChI is InChI=1S/C14H14FNO2S/c1-11-3-2-4-14(9-11)16-19(17,18)10-12-5-7-13(15)8-6-12/h2-9,16H,10H2,1H3. The minimum atomic E-state index is -3.49. The van der Waals surface area contributed by atoms with Crippen LogP contribution < -0.4 is 4.72 Å². The molecule has 3 nitrogen and oxygen atoms in total. The molecule has 0 saturated carbocycles. The summed E-state index contributed by atoms with van der Waals surface area (Å²) in [6.45, 7) is 1.89. The molecule has 0 spiro atoms. The van der Waals surface area contributed by atoms with Crippen LogP contribution in [0.25, 0.3) is 0 Å². The Labute approximate surface area is 112 Å². The van der Waals surface area contributed by atoms with Crippen molar-refractivity contribution in [2.75, 3.05) is 4.72 Å². The number of halogens is 1. The summed E-state index contributed by atoms with van der Waals surface area (Å²) in [7, 11) is -3.49. The number of nitrogens with one attached hydrogen (secondary N) is 1. The molecule has 0 aliphatic rings. The summed E-state index contributed by atoms with van der Waals surface area (Å²) in [4.78, 5) is 0. The molecule has 0 amide bonds. The molecule has 0 aliphatic carbocycles. The summed E-state index contributed by atoms with van der Waals surface area (Å²) in [5.74, 6) is -0.561. The molecule has 19 heavy (non-hydrogen) atoms. The maximum absolute atomic E-state index is 12.7. The average Bonchev–Trinajstić information content (AvgIpc) is 2.31. The average molecular weight is 279 g/mol. The molecular weight excluding hydrogens is 265 g/mol. The minimum Gasteiger partial charge on any atom is -0.283 e. The van der Waals surface area contributed by atoms with Gasteiger partial charge < -0.3 is 0 Å². The quantitative estimate of drug-likeness (QED) is 0.935. The van der Waals surface area contributed by atoms with E-state index in [1.165, 1.54) is 24.3 Å². The van der Waals surface area contributed by atoms with Crippen molar-refractivity contribution in [2.45, 2.75) is 12.7 Å². The van der Waals surface area contributed by atoms with Crippen LogP contribution in [0.4, 0.5) is 10.1 Å². The fourth-order valence-corrected chi connectivity index (χ4v) is 2.91. The zero-order valence-corrected chi connectivity index (χ0v) is 11.2. The van der Waals surface area contributed by atoms with Crippen molar-refractivity contribution in [3.63, 3.8) is 0 Å². The van der Waals surface area contributed by atoms with Gasteiger partial charge in [-0.15, -0.1) is 0 Å². The van der Waals surface area contributed by atoms with E-state index in [0.29, 0.717) is 11.3 Å². The van der Waals surface area contributed by atoms with Crippen LogP contribution in [0.2, 0.25) is 0 Å². The van der Waals surface area contributed by atoms with Crippen LogP contribution in [0.15, 0.2) is 48.5 Å². The first-order valence-corrected chi connectivity index (χ1v) is 7.41. The van der Waals surface area contributed by atoms with E-state index in [4.69, 9.17) is 0 Å².